The van der Waals surface area contributed by atoms with Gasteiger partial charge in [-0.05, 0) is 18.6 Å². The first-order valence-corrected chi connectivity index (χ1v) is 2.89. The maximum atomic E-state index is 4.75. The summed E-state index contributed by atoms with van der Waals surface area (Å²) in [6.07, 6.45) is 3.55. The highest BCUT2D eigenvalue weighted by molar-refractivity contribution is 7.80. The third-order valence-corrected chi connectivity index (χ3v) is 1.15. The van der Waals surface area contributed by atoms with Crippen LogP contribution in [0.5, 0.6) is 0 Å². The number of ether oxygens (including phenoxy) is 1. The summed E-state index contributed by atoms with van der Waals surface area (Å²) in [5.74, 6) is 0. The predicted molar refractivity (Wildman–Crippen MR) is 39.0 cm³/mol. The van der Waals surface area contributed by atoms with Gasteiger partial charge in [-0.2, -0.15) is 0 Å². The molecule has 0 N–H and O–H groups in total. The summed E-state index contributed by atoms with van der Waals surface area (Å²) in [5, 5.41) is 0.657. The molecule has 0 saturated carbocycles. The molecule has 46 valence electrons. The Hall–Kier alpha value is -0.370. The van der Waals surface area contributed by atoms with E-state index in [1.165, 1.54) is 0 Å². The number of thiocarbonyl (C=S) groups is 1. The van der Waals surface area contributed by atoms with Gasteiger partial charge in [0.2, 0.25) is 0 Å². The summed E-state index contributed by atoms with van der Waals surface area (Å²) >= 11 is 4.75. The minimum Gasteiger partial charge on any atom is -0.490 e. The molecule has 0 unspecified atom stereocenters. The molecule has 2 heteroatoms. The Morgan fingerprint density at radius 2 is 2.50 bits per heavy atom. The molecule has 8 heavy (non-hydrogen) atoms. The summed E-state index contributed by atoms with van der Waals surface area (Å²) < 4.78 is 4.74. The van der Waals surface area contributed by atoms with E-state index in [9.17, 15) is 0 Å². The van der Waals surface area contributed by atoms with Crippen molar-refractivity contribution in [3.63, 3.8) is 0 Å². The van der Waals surface area contributed by atoms with Crippen LogP contribution in [0.25, 0.3) is 0 Å². The Morgan fingerprint density at radius 3 is 2.88 bits per heavy atom. The van der Waals surface area contributed by atoms with Crippen molar-refractivity contribution in [3.05, 3.63) is 12.7 Å². The maximum absolute atomic E-state index is 4.75. The summed E-state index contributed by atoms with van der Waals surface area (Å²) in [7, 11) is 1.59. The summed E-state index contributed by atoms with van der Waals surface area (Å²) in [5.41, 5.74) is 0. The number of rotatable bonds is 3. The zero-order valence-corrected chi connectivity index (χ0v) is 5.83. The normalized spacial score (nSPS) is 8.12. The molecule has 0 aromatic rings. The molecule has 0 heterocycles. The Bertz CT molecular complexity index is 88.5. The van der Waals surface area contributed by atoms with Crippen molar-refractivity contribution in [3.8, 4) is 0 Å². The van der Waals surface area contributed by atoms with Crippen molar-refractivity contribution in [1.29, 1.82) is 0 Å². The highest BCUT2D eigenvalue weighted by atomic mass is 32.1. The molecule has 0 radical (unpaired) electrons. The van der Waals surface area contributed by atoms with Crippen LogP contribution >= 0.6 is 12.2 Å². The number of allylic oxidation sites excluding steroid dienone is 1. The molecule has 0 aliphatic carbocycles. The van der Waals surface area contributed by atoms with Gasteiger partial charge in [0, 0.05) is 6.42 Å². The van der Waals surface area contributed by atoms with E-state index in [2.05, 4.69) is 6.58 Å². The summed E-state index contributed by atoms with van der Waals surface area (Å²) in [6.45, 7) is 3.55. The van der Waals surface area contributed by atoms with E-state index in [1.807, 2.05) is 6.08 Å². The Balaban J connectivity index is 3.11. The summed E-state index contributed by atoms with van der Waals surface area (Å²) in [6, 6.07) is 0. The van der Waals surface area contributed by atoms with Crippen LogP contribution in [0.3, 0.4) is 0 Å². The van der Waals surface area contributed by atoms with Gasteiger partial charge < -0.3 is 4.74 Å². The highest BCUT2D eigenvalue weighted by Gasteiger charge is 1.88. The molecule has 0 spiro atoms. The molecule has 0 bridgehead atoms. The van der Waals surface area contributed by atoms with Crippen molar-refractivity contribution >= 4 is 17.3 Å². The second-order valence-corrected chi connectivity index (χ2v) is 1.86. The summed E-state index contributed by atoms with van der Waals surface area (Å²) in [4.78, 5) is 0. The zero-order chi connectivity index (χ0) is 6.41. The van der Waals surface area contributed by atoms with Gasteiger partial charge in [-0.25, -0.2) is 0 Å². The van der Waals surface area contributed by atoms with Gasteiger partial charge in [0.1, 0.15) is 0 Å². The van der Waals surface area contributed by atoms with Crippen LogP contribution in [0.4, 0.5) is 0 Å². The molecule has 0 aliphatic rings. The quantitative estimate of drug-likeness (QED) is 0.426. The van der Waals surface area contributed by atoms with E-state index in [4.69, 9.17) is 17.0 Å². The first kappa shape index (κ1) is 7.63. The van der Waals surface area contributed by atoms with Gasteiger partial charge in [0.25, 0.3) is 0 Å². The SMILES string of the molecule is C=CCCC(=S)OC. The standard InChI is InChI=1S/C6H10OS/c1-3-4-5-6(8)7-2/h3H,1,4-5H2,2H3. The minimum atomic E-state index is 0.657. The number of methoxy groups -OCH3 is 1. The van der Waals surface area contributed by atoms with Crippen molar-refractivity contribution in [1.82, 2.24) is 0 Å². The molecule has 1 nitrogen and oxygen atoms in total. The van der Waals surface area contributed by atoms with E-state index in [0.717, 1.165) is 12.8 Å². The topological polar surface area (TPSA) is 9.23 Å². The van der Waals surface area contributed by atoms with Crippen LogP contribution in [-0.2, 0) is 4.74 Å². The van der Waals surface area contributed by atoms with Gasteiger partial charge >= 0.3 is 0 Å². The Kier molecular flexibility index (Phi) is 4.56. The first-order valence-electron chi connectivity index (χ1n) is 2.49. The van der Waals surface area contributed by atoms with Gasteiger partial charge in [-0.3, -0.25) is 0 Å². The fraction of sp³-hybridized carbons (Fsp3) is 0.500. The van der Waals surface area contributed by atoms with Crippen LogP contribution in [-0.4, -0.2) is 12.2 Å². The van der Waals surface area contributed by atoms with Gasteiger partial charge in [-0.1, -0.05) is 6.08 Å². The van der Waals surface area contributed by atoms with Crippen molar-refractivity contribution in [2.45, 2.75) is 12.8 Å². The van der Waals surface area contributed by atoms with Crippen LogP contribution in [0.2, 0.25) is 0 Å². The lowest BCUT2D eigenvalue weighted by molar-refractivity contribution is 0.402. The zero-order valence-electron chi connectivity index (χ0n) is 5.02. The van der Waals surface area contributed by atoms with Crippen LogP contribution in [0.1, 0.15) is 12.8 Å². The van der Waals surface area contributed by atoms with Crippen LogP contribution in [0.15, 0.2) is 12.7 Å². The van der Waals surface area contributed by atoms with Crippen LogP contribution < -0.4 is 0 Å². The van der Waals surface area contributed by atoms with Crippen molar-refractivity contribution in [2.75, 3.05) is 7.11 Å². The average molecular weight is 130 g/mol. The predicted octanol–water partition coefficient (Wildman–Crippen LogP) is 1.93. The van der Waals surface area contributed by atoms with Crippen LogP contribution in [0, 0.1) is 0 Å². The van der Waals surface area contributed by atoms with Crippen molar-refractivity contribution in [2.24, 2.45) is 0 Å². The first-order chi connectivity index (χ1) is 3.81. The molecular formula is C6H10OS. The Morgan fingerprint density at radius 1 is 1.88 bits per heavy atom. The fourth-order valence-corrected chi connectivity index (χ4v) is 0.440. The number of hydrogen-bond donors (Lipinski definition) is 0. The van der Waals surface area contributed by atoms with E-state index >= 15 is 0 Å². The molecule has 0 aromatic carbocycles. The smallest absolute Gasteiger partial charge is 0.159 e. The second kappa shape index (κ2) is 4.78. The lowest BCUT2D eigenvalue weighted by Gasteiger charge is -1.96. The second-order valence-electron chi connectivity index (χ2n) is 1.40. The molecule has 0 rings (SSSR count). The molecule has 0 amide bonds. The molecule has 0 aromatic heterocycles. The third kappa shape index (κ3) is 3.81. The average Bonchev–Trinajstić information content (AvgIpc) is 1.83. The molecule has 0 aliphatic heterocycles. The largest absolute Gasteiger partial charge is 0.490 e. The molecule has 0 saturated heterocycles. The van der Waals surface area contributed by atoms with E-state index in [1.54, 1.807) is 7.11 Å². The fourth-order valence-electron chi connectivity index (χ4n) is 0.322. The third-order valence-electron chi connectivity index (χ3n) is 0.780. The molecular weight excluding hydrogens is 120 g/mol. The van der Waals surface area contributed by atoms with E-state index in [-0.39, 0.29) is 0 Å². The van der Waals surface area contributed by atoms with E-state index in [0.29, 0.717) is 5.05 Å². The Labute approximate surface area is 55.3 Å². The maximum Gasteiger partial charge on any atom is 0.159 e. The monoisotopic (exact) mass is 130 g/mol. The van der Waals surface area contributed by atoms with Gasteiger partial charge in [0.15, 0.2) is 5.05 Å². The van der Waals surface area contributed by atoms with Crippen molar-refractivity contribution < 1.29 is 4.74 Å². The number of hydrogen-bond acceptors (Lipinski definition) is 2. The lowest BCUT2D eigenvalue weighted by atomic mass is 10.3. The van der Waals surface area contributed by atoms with E-state index < -0.39 is 0 Å². The minimum absolute atomic E-state index is 0.657. The lowest BCUT2D eigenvalue weighted by Crippen LogP contribution is -1.94. The molecule has 0 atom stereocenters. The van der Waals surface area contributed by atoms with Gasteiger partial charge in [0.05, 0.1) is 7.11 Å². The van der Waals surface area contributed by atoms with Gasteiger partial charge in [-0.15, -0.1) is 6.58 Å². The molecule has 0 fully saturated rings. The highest BCUT2D eigenvalue weighted by Crippen LogP contribution is 1.93.